The van der Waals surface area contributed by atoms with Crippen molar-refractivity contribution in [2.75, 3.05) is 0 Å². The van der Waals surface area contributed by atoms with Crippen molar-refractivity contribution in [2.45, 2.75) is 77.6 Å². The maximum atomic E-state index is 4.97. The van der Waals surface area contributed by atoms with Gasteiger partial charge in [0.05, 0.1) is 10.7 Å². The molecule has 0 unspecified atom stereocenters. The van der Waals surface area contributed by atoms with Crippen LogP contribution in [-0.2, 0) is 12.8 Å². The number of fused-ring (bicyclic) bond motifs is 1. The van der Waals surface area contributed by atoms with Gasteiger partial charge in [0, 0.05) is 10.8 Å². The molecule has 0 bridgehead atoms. The summed E-state index contributed by atoms with van der Waals surface area (Å²) in [5, 5.41) is 1.45. The number of hydrogen-bond donors (Lipinski definition) is 0. The van der Waals surface area contributed by atoms with Crippen molar-refractivity contribution >= 4 is 11.3 Å². The number of aromatic nitrogens is 1. The van der Waals surface area contributed by atoms with Gasteiger partial charge in [-0.3, -0.25) is 0 Å². The minimum absolute atomic E-state index is 0.738. The van der Waals surface area contributed by atoms with Gasteiger partial charge in [0.15, 0.2) is 0 Å². The minimum atomic E-state index is 0.738. The molecule has 0 aromatic carbocycles. The Morgan fingerprint density at radius 3 is 2.47 bits per heavy atom. The van der Waals surface area contributed by atoms with Gasteiger partial charge in [-0.05, 0) is 38.5 Å². The van der Waals surface area contributed by atoms with Crippen molar-refractivity contribution < 1.29 is 0 Å². The van der Waals surface area contributed by atoms with E-state index in [4.69, 9.17) is 4.98 Å². The predicted octanol–water partition coefficient (Wildman–Crippen LogP) is 5.10. The molecule has 0 atom stereocenters. The summed E-state index contributed by atoms with van der Waals surface area (Å²) in [4.78, 5) is 6.57. The Hall–Kier alpha value is -0.370. The van der Waals surface area contributed by atoms with E-state index in [9.17, 15) is 0 Å². The highest BCUT2D eigenvalue weighted by atomic mass is 32.1. The summed E-state index contributed by atoms with van der Waals surface area (Å²) in [6.45, 7) is 4.59. The highest BCUT2D eigenvalue weighted by molar-refractivity contribution is 7.11. The van der Waals surface area contributed by atoms with Crippen LogP contribution in [0.15, 0.2) is 0 Å². The van der Waals surface area contributed by atoms with Crippen LogP contribution < -0.4 is 0 Å². The van der Waals surface area contributed by atoms with Crippen LogP contribution in [0.25, 0.3) is 0 Å². The van der Waals surface area contributed by atoms with Crippen LogP contribution in [0, 0.1) is 0 Å². The van der Waals surface area contributed by atoms with Gasteiger partial charge in [-0.25, -0.2) is 4.98 Å². The van der Waals surface area contributed by atoms with Gasteiger partial charge >= 0.3 is 0 Å². The first kappa shape index (κ1) is 13.1. The third-order valence-corrected chi connectivity index (χ3v) is 5.06. The lowest BCUT2D eigenvalue weighted by Crippen LogP contribution is -1.98. The van der Waals surface area contributed by atoms with E-state index in [1.807, 2.05) is 11.3 Å². The second kappa shape index (κ2) is 6.53. The first-order valence-corrected chi connectivity index (χ1v) is 8.15. The Labute approximate surface area is 110 Å². The summed E-state index contributed by atoms with van der Waals surface area (Å²) in [6.07, 6.45) is 11.9. The smallest absolute Gasteiger partial charge is 0.0962 e. The van der Waals surface area contributed by atoms with Gasteiger partial charge in [-0.1, -0.05) is 33.1 Å². The van der Waals surface area contributed by atoms with E-state index in [2.05, 4.69) is 13.8 Å². The van der Waals surface area contributed by atoms with Crippen LogP contribution in [0.5, 0.6) is 0 Å². The Kier molecular flexibility index (Phi) is 5.02. The maximum absolute atomic E-state index is 4.97. The van der Waals surface area contributed by atoms with Crippen molar-refractivity contribution in [3.05, 3.63) is 15.6 Å². The fourth-order valence-electron chi connectivity index (χ4n) is 2.81. The largest absolute Gasteiger partial charge is 0.246 e. The zero-order valence-corrected chi connectivity index (χ0v) is 12.1. The fraction of sp³-hybridized carbons (Fsp3) is 0.800. The van der Waals surface area contributed by atoms with E-state index in [1.54, 1.807) is 4.88 Å². The molecule has 17 heavy (non-hydrogen) atoms. The van der Waals surface area contributed by atoms with E-state index in [1.165, 1.54) is 68.5 Å². The molecule has 1 nitrogen and oxygen atoms in total. The number of aryl methyl sites for hydroxylation is 2. The third-order valence-electron chi connectivity index (χ3n) is 3.74. The van der Waals surface area contributed by atoms with Crippen molar-refractivity contribution in [1.29, 1.82) is 0 Å². The quantitative estimate of drug-likeness (QED) is 0.664. The Morgan fingerprint density at radius 2 is 1.76 bits per heavy atom. The van der Waals surface area contributed by atoms with E-state index < -0.39 is 0 Å². The van der Waals surface area contributed by atoms with Gasteiger partial charge in [0.25, 0.3) is 0 Å². The fourth-order valence-corrected chi connectivity index (χ4v) is 4.13. The lowest BCUT2D eigenvalue weighted by atomic mass is 9.99. The molecule has 0 amide bonds. The number of rotatable bonds is 5. The molecule has 1 aromatic rings. The Bertz CT molecular complexity index is 313. The van der Waals surface area contributed by atoms with Gasteiger partial charge < -0.3 is 0 Å². The molecular weight excluding hydrogens is 226 g/mol. The monoisotopic (exact) mass is 251 g/mol. The minimum Gasteiger partial charge on any atom is -0.246 e. The molecule has 0 spiro atoms. The molecule has 2 heteroatoms. The number of hydrogen-bond acceptors (Lipinski definition) is 2. The maximum Gasteiger partial charge on any atom is 0.0962 e. The molecule has 1 heterocycles. The normalized spacial score (nSPS) is 15.9. The standard InChI is InChI=1S/C15H25NS/c1-3-8-12(9-4-2)15-16-13-10-6-5-7-11-14(13)17-15/h12H,3-11H2,1-2H3. The molecular formula is C15H25NS. The van der Waals surface area contributed by atoms with Crippen LogP contribution in [-0.4, -0.2) is 4.98 Å². The van der Waals surface area contributed by atoms with Gasteiger partial charge in [-0.2, -0.15) is 0 Å². The summed E-state index contributed by atoms with van der Waals surface area (Å²) in [7, 11) is 0. The average molecular weight is 251 g/mol. The lowest BCUT2D eigenvalue weighted by molar-refractivity contribution is 0.556. The van der Waals surface area contributed by atoms with Crippen molar-refractivity contribution in [3.8, 4) is 0 Å². The van der Waals surface area contributed by atoms with Crippen molar-refractivity contribution in [2.24, 2.45) is 0 Å². The highest BCUT2D eigenvalue weighted by Gasteiger charge is 2.19. The Balaban J connectivity index is 2.14. The molecule has 0 aliphatic heterocycles. The molecule has 96 valence electrons. The summed E-state index contributed by atoms with van der Waals surface area (Å²) in [5.41, 5.74) is 1.44. The zero-order chi connectivity index (χ0) is 12.1. The molecule has 1 aromatic heterocycles. The summed E-state index contributed by atoms with van der Waals surface area (Å²) < 4.78 is 0. The summed E-state index contributed by atoms with van der Waals surface area (Å²) >= 11 is 2.03. The predicted molar refractivity (Wildman–Crippen MR) is 75.9 cm³/mol. The van der Waals surface area contributed by atoms with Crippen molar-refractivity contribution in [3.63, 3.8) is 0 Å². The van der Waals surface area contributed by atoms with Crippen molar-refractivity contribution in [1.82, 2.24) is 4.98 Å². The van der Waals surface area contributed by atoms with E-state index in [0.29, 0.717) is 0 Å². The van der Waals surface area contributed by atoms with Gasteiger partial charge in [-0.15, -0.1) is 11.3 Å². The topological polar surface area (TPSA) is 12.9 Å². The number of thiazole rings is 1. The molecule has 0 N–H and O–H groups in total. The molecule has 0 fully saturated rings. The molecule has 0 saturated heterocycles. The molecule has 2 rings (SSSR count). The van der Waals surface area contributed by atoms with E-state index in [-0.39, 0.29) is 0 Å². The van der Waals surface area contributed by atoms with Gasteiger partial charge in [0.2, 0.25) is 0 Å². The molecule has 1 aliphatic carbocycles. The molecule has 1 aliphatic rings. The third kappa shape index (κ3) is 3.31. The first-order chi connectivity index (χ1) is 8.35. The Morgan fingerprint density at radius 1 is 1.06 bits per heavy atom. The van der Waals surface area contributed by atoms with Crippen LogP contribution in [0.1, 0.15) is 80.3 Å². The van der Waals surface area contributed by atoms with Gasteiger partial charge in [0.1, 0.15) is 0 Å². The first-order valence-electron chi connectivity index (χ1n) is 7.33. The lowest BCUT2D eigenvalue weighted by Gasteiger charge is -2.11. The summed E-state index contributed by atoms with van der Waals surface area (Å²) in [5.74, 6) is 0.738. The van der Waals surface area contributed by atoms with Crippen LogP contribution in [0.3, 0.4) is 0 Å². The second-order valence-corrected chi connectivity index (χ2v) is 6.37. The zero-order valence-electron chi connectivity index (χ0n) is 11.3. The molecule has 0 radical (unpaired) electrons. The number of nitrogens with zero attached hydrogens (tertiary/aromatic N) is 1. The molecule has 0 saturated carbocycles. The van der Waals surface area contributed by atoms with E-state index >= 15 is 0 Å². The highest BCUT2D eigenvalue weighted by Crippen LogP contribution is 2.34. The summed E-state index contributed by atoms with van der Waals surface area (Å²) in [6, 6.07) is 0. The van der Waals surface area contributed by atoms with Crippen LogP contribution in [0.4, 0.5) is 0 Å². The average Bonchev–Trinajstić information content (AvgIpc) is 2.60. The van der Waals surface area contributed by atoms with E-state index in [0.717, 1.165) is 5.92 Å². The SMILES string of the molecule is CCCC(CCC)c1nc2c(s1)CCCCC2. The van der Waals surface area contributed by atoms with Crippen LogP contribution in [0.2, 0.25) is 0 Å². The van der Waals surface area contributed by atoms with Crippen LogP contribution >= 0.6 is 11.3 Å². The second-order valence-electron chi connectivity index (χ2n) is 5.26.